The van der Waals surface area contributed by atoms with E-state index in [0.29, 0.717) is 17.0 Å². The summed E-state index contributed by atoms with van der Waals surface area (Å²) in [6.45, 7) is 2.18. The number of benzene rings is 2. The van der Waals surface area contributed by atoms with E-state index < -0.39 is 17.8 Å². The van der Waals surface area contributed by atoms with Crippen LogP contribution in [0.3, 0.4) is 0 Å². The molecule has 1 saturated heterocycles. The predicted octanol–water partition coefficient (Wildman–Crippen LogP) is 3.53. The SMILES string of the molecule is Cc1ccc(N2C(=O)NC(=O)/C(=C\c3cn(CC(=O)NCc4ccco4)c4ccccc34)C2=O)cc1. The van der Waals surface area contributed by atoms with E-state index in [1.807, 2.05) is 31.2 Å². The third-order valence-corrected chi connectivity index (χ3v) is 5.87. The first-order valence-corrected chi connectivity index (χ1v) is 11.3. The zero-order valence-corrected chi connectivity index (χ0v) is 19.4. The maximum Gasteiger partial charge on any atom is 0.335 e. The molecule has 1 fully saturated rings. The Balaban J connectivity index is 1.45. The average Bonchev–Trinajstić information content (AvgIpc) is 3.50. The van der Waals surface area contributed by atoms with Gasteiger partial charge in [0.15, 0.2) is 0 Å². The van der Waals surface area contributed by atoms with Crippen LogP contribution in [0.15, 0.2) is 83.1 Å². The van der Waals surface area contributed by atoms with E-state index >= 15 is 0 Å². The molecule has 5 rings (SSSR count). The van der Waals surface area contributed by atoms with Crippen LogP contribution in [-0.2, 0) is 27.5 Å². The van der Waals surface area contributed by atoms with Crippen molar-refractivity contribution in [3.8, 4) is 0 Å². The molecule has 0 spiro atoms. The molecule has 2 aromatic heterocycles. The summed E-state index contributed by atoms with van der Waals surface area (Å²) in [4.78, 5) is 51.9. The van der Waals surface area contributed by atoms with Crippen LogP contribution in [0, 0.1) is 6.92 Å². The fourth-order valence-electron chi connectivity index (χ4n) is 4.07. The number of para-hydroxylation sites is 1. The molecule has 0 saturated carbocycles. The minimum atomic E-state index is -0.804. The van der Waals surface area contributed by atoms with Crippen molar-refractivity contribution < 1.29 is 23.6 Å². The maximum atomic E-state index is 13.3. The van der Waals surface area contributed by atoms with Crippen LogP contribution in [0.2, 0.25) is 0 Å². The number of anilines is 1. The van der Waals surface area contributed by atoms with Gasteiger partial charge in [-0.1, -0.05) is 35.9 Å². The van der Waals surface area contributed by atoms with Gasteiger partial charge >= 0.3 is 6.03 Å². The summed E-state index contributed by atoms with van der Waals surface area (Å²) < 4.78 is 6.98. The van der Waals surface area contributed by atoms with Crippen LogP contribution in [0.5, 0.6) is 0 Å². The Hall–Kier alpha value is -4.92. The summed E-state index contributed by atoms with van der Waals surface area (Å²) in [6.07, 6.45) is 4.69. The second-order valence-corrected chi connectivity index (χ2v) is 8.38. The van der Waals surface area contributed by atoms with Gasteiger partial charge in [-0.3, -0.25) is 19.7 Å². The van der Waals surface area contributed by atoms with E-state index in [0.717, 1.165) is 21.4 Å². The van der Waals surface area contributed by atoms with Gasteiger partial charge in [0, 0.05) is 22.7 Å². The highest BCUT2D eigenvalue weighted by Crippen LogP contribution is 2.27. The van der Waals surface area contributed by atoms with E-state index in [-0.39, 0.29) is 24.6 Å². The molecule has 2 N–H and O–H groups in total. The second-order valence-electron chi connectivity index (χ2n) is 8.38. The van der Waals surface area contributed by atoms with Crippen molar-refractivity contribution >= 4 is 46.4 Å². The van der Waals surface area contributed by atoms with Gasteiger partial charge in [-0.25, -0.2) is 9.69 Å². The molecular formula is C27H22N4O5. The Labute approximate surface area is 206 Å². The van der Waals surface area contributed by atoms with Crippen molar-refractivity contribution in [1.29, 1.82) is 0 Å². The minimum Gasteiger partial charge on any atom is -0.467 e. The average molecular weight is 482 g/mol. The van der Waals surface area contributed by atoms with Gasteiger partial charge in [-0.2, -0.15) is 0 Å². The number of hydrogen-bond donors (Lipinski definition) is 2. The number of carbonyl (C=O) groups excluding carboxylic acids is 4. The normalized spacial score (nSPS) is 15.0. The number of imide groups is 2. The van der Waals surface area contributed by atoms with Gasteiger partial charge in [0.05, 0.1) is 18.5 Å². The highest BCUT2D eigenvalue weighted by molar-refractivity contribution is 6.39. The molecule has 0 radical (unpaired) electrons. The number of fused-ring (bicyclic) bond motifs is 1. The zero-order valence-electron chi connectivity index (χ0n) is 19.4. The molecule has 0 aliphatic carbocycles. The lowest BCUT2D eigenvalue weighted by Gasteiger charge is -2.26. The van der Waals surface area contributed by atoms with Crippen LogP contribution in [0.25, 0.3) is 17.0 Å². The highest BCUT2D eigenvalue weighted by atomic mass is 16.3. The summed E-state index contributed by atoms with van der Waals surface area (Å²) in [5.74, 6) is -1.09. The summed E-state index contributed by atoms with van der Waals surface area (Å²) in [5.41, 5.74) is 2.47. The van der Waals surface area contributed by atoms with Gasteiger partial charge in [0.2, 0.25) is 5.91 Å². The molecule has 9 heteroatoms. The summed E-state index contributed by atoms with van der Waals surface area (Å²) >= 11 is 0. The molecule has 9 nitrogen and oxygen atoms in total. The van der Waals surface area contributed by atoms with E-state index in [1.54, 1.807) is 47.2 Å². The molecule has 3 heterocycles. The number of urea groups is 1. The van der Waals surface area contributed by atoms with Crippen molar-refractivity contribution in [2.45, 2.75) is 20.0 Å². The number of carbonyl (C=O) groups is 4. The lowest BCUT2D eigenvalue weighted by atomic mass is 10.1. The van der Waals surface area contributed by atoms with Crippen LogP contribution in [0.4, 0.5) is 10.5 Å². The number of aromatic nitrogens is 1. The van der Waals surface area contributed by atoms with Gasteiger partial charge in [0.1, 0.15) is 17.9 Å². The number of furan rings is 1. The number of aryl methyl sites for hydroxylation is 1. The molecule has 36 heavy (non-hydrogen) atoms. The number of rotatable bonds is 6. The van der Waals surface area contributed by atoms with E-state index in [4.69, 9.17) is 4.42 Å². The highest BCUT2D eigenvalue weighted by Gasteiger charge is 2.37. The Kier molecular flexibility index (Phi) is 5.95. The molecule has 0 unspecified atom stereocenters. The second kappa shape index (κ2) is 9.38. The van der Waals surface area contributed by atoms with E-state index in [1.165, 1.54) is 12.3 Å². The van der Waals surface area contributed by atoms with Crippen LogP contribution in [0.1, 0.15) is 16.9 Å². The molecule has 1 aliphatic heterocycles. The first kappa shape index (κ1) is 22.9. The topological polar surface area (TPSA) is 114 Å². The Bertz CT molecular complexity index is 1510. The third kappa shape index (κ3) is 4.41. The fraction of sp³-hybridized carbons (Fsp3) is 0.111. The van der Waals surface area contributed by atoms with Crippen LogP contribution >= 0.6 is 0 Å². The molecule has 180 valence electrons. The minimum absolute atomic E-state index is 0.0263. The monoisotopic (exact) mass is 482 g/mol. The van der Waals surface area contributed by atoms with Crippen LogP contribution < -0.4 is 15.5 Å². The first-order chi connectivity index (χ1) is 17.4. The molecule has 2 aromatic carbocycles. The summed E-state index contributed by atoms with van der Waals surface area (Å²) in [5, 5.41) is 5.80. The van der Waals surface area contributed by atoms with Gasteiger partial charge in [-0.15, -0.1) is 0 Å². The third-order valence-electron chi connectivity index (χ3n) is 5.87. The predicted molar refractivity (Wildman–Crippen MR) is 133 cm³/mol. The Morgan fingerprint density at radius 3 is 2.56 bits per heavy atom. The van der Waals surface area contributed by atoms with Crippen molar-refractivity contribution in [3.63, 3.8) is 0 Å². The number of barbiturate groups is 1. The molecule has 0 atom stereocenters. The molecule has 1 aliphatic rings. The fourth-order valence-corrected chi connectivity index (χ4v) is 4.07. The summed E-state index contributed by atoms with van der Waals surface area (Å²) in [6, 6.07) is 16.9. The smallest absolute Gasteiger partial charge is 0.335 e. The summed E-state index contributed by atoms with van der Waals surface area (Å²) in [7, 11) is 0. The zero-order chi connectivity index (χ0) is 25.2. The lowest BCUT2D eigenvalue weighted by Crippen LogP contribution is -2.54. The van der Waals surface area contributed by atoms with Gasteiger partial charge in [-0.05, 0) is 43.3 Å². The number of nitrogens with zero attached hydrogens (tertiary/aromatic N) is 2. The van der Waals surface area contributed by atoms with Crippen molar-refractivity contribution in [1.82, 2.24) is 15.2 Å². The van der Waals surface area contributed by atoms with Crippen LogP contribution in [-0.4, -0.2) is 28.3 Å². The number of amides is 5. The lowest BCUT2D eigenvalue weighted by molar-refractivity contribution is -0.123. The van der Waals surface area contributed by atoms with Crippen molar-refractivity contribution in [2.24, 2.45) is 0 Å². The molecule has 5 amide bonds. The van der Waals surface area contributed by atoms with Gasteiger partial charge < -0.3 is 14.3 Å². The van der Waals surface area contributed by atoms with Gasteiger partial charge in [0.25, 0.3) is 11.8 Å². The van der Waals surface area contributed by atoms with Crippen molar-refractivity contribution in [2.75, 3.05) is 4.90 Å². The standard InChI is InChI=1S/C27H22N4O5/c1-17-8-10-19(11-9-17)31-26(34)22(25(33)29-27(31)35)13-18-15-30(23-7-3-2-6-21(18)23)16-24(32)28-14-20-5-4-12-36-20/h2-13,15H,14,16H2,1H3,(H,28,32)(H,29,33,35)/b22-13+. The number of nitrogens with one attached hydrogen (secondary N) is 2. The first-order valence-electron chi connectivity index (χ1n) is 11.3. The Morgan fingerprint density at radius 1 is 1.03 bits per heavy atom. The molecular weight excluding hydrogens is 460 g/mol. The number of hydrogen-bond acceptors (Lipinski definition) is 5. The van der Waals surface area contributed by atoms with E-state index in [2.05, 4.69) is 10.6 Å². The quantitative estimate of drug-likeness (QED) is 0.322. The largest absolute Gasteiger partial charge is 0.467 e. The van der Waals surface area contributed by atoms with E-state index in [9.17, 15) is 19.2 Å². The Morgan fingerprint density at radius 2 is 1.81 bits per heavy atom. The molecule has 0 bridgehead atoms. The van der Waals surface area contributed by atoms with Crippen molar-refractivity contribution in [3.05, 3.63) is 95.6 Å². The maximum absolute atomic E-state index is 13.3. The molecule has 4 aromatic rings.